The molecule has 0 aliphatic carbocycles. The summed E-state index contributed by atoms with van der Waals surface area (Å²) < 4.78 is 48.9. The van der Waals surface area contributed by atoms with Crippen molar-refractivity contribution in [1.29, 1.82) is 0 Å². The number of alkyl halides is 3. The van der Waals surface area contributed by atoms with Gasteiger partial charge in [-0.1, -0.05) is 11.6 Å². The van der Waals surface area contributed by atoms with Crippen LogP contribution < -0.4 is 0 Å². The van der Waals surface area contributed by atoms with Crippen LogP contribution in [0.2, 0.25) is 5.02 Å². The summed E-state index contributed by atoms with van der Waals surface area (Å²) in [5, 5.41) is 0.129. The first kappa shape index (κ1) is 17.1. The van der Waals surface area contributed by atoms with E-state index >= 15 is 0 Å². The van der Waals surface area contributed by atoms with Crippen LogP contribution in [0.15, 0.2) is 63.6 Å². The third-order valence-corrected chi connectivity index (χ3v) is 3.68. The summed E-state index contributed by atoms with van der Waals surface area (Å²) in [6.07, 6.45) is -0.461. The number of hydrogen-bond acceptors (Lipinski definition) is 3. The van der Waals surface area contributed by atoms with Crippen LogP contribution >= 0.6 is 11.6 Å². The van der Waals surface area contributed by atoms with Crippen molar-refractivity contribution in [3.05, 3.63) is 76.9 Å². The minimum Gasteiger partial charge on any atom is -0.461 e. The normalized spacial score (nSPS) is 12.0. The van der Waals surface area contributed by atoms with E-state index in [4.69, 9.17) is 20.4 Å². The lowest BCUT2D eigenvalue weighted by Gasteiger charge is -2.09. The Morgan fingerprint density at radius 2 is 1.92 bits per heavy atom. The van der Waals surface area contributed by atoms with Gasteiger partial charge in [-0.25, -0.2) is 0 Å². The zero-order valence-electron chi connectivity index (χ0n) is 12.5. The van der Waals surface area contributed by atoms with Crippen molar-refractivity contribution in [2.45, 2.75) is 6.18 Å². The van der Waals surface area contributed by atoms with E-state index in [0.717, 1.165) is 18.2 Å². The van der Waals surface area contributed by atoms with Crippen LogP contribution in [0.1, 0.15) is 21.9 Å². The molecule has 128 valence electrons. The van der Waals surface area contributed by atoms with Crippen LogP contribution in [0.25, 0.3) is 17.4 Å². The van der Waals surface area contributed by atoms with E-state index in [1.165, 1.54) is 36.6 Å². The molecule has 2 aromatic heterocycles. The van der Waals surface area contributed by atoms with Crippen molar-refractivity contribution in [1.82, 2.24) is 0 Å². The van der Waals surface area contributed by atoms with Crippen LogP contribution in [0.3, 0.4) is 0 Å². The summed E-state index contributed by atoms with van der Waals surface area (Å²) in [5.41, 5.74) is -0.707. The van der Waals surface area contributed by atoms with Gasteiger partial charge in [0, 0.05) is 5.56 Å². The number of allylic oxidation sites excluding steroid dienone is 1. The average Bonchev–Trinajstić information content (AvgIpc) is 3.24. The minimum absolute atomic E-state index is 0.119. The van der Waals surface area contributed by atoms with Crippen LogP contribution in [0.5, 0.6) is 0 Å². The molecule has 0 N–H and O–H groups in total. The molecule has 2 heterocycles. The van der Waals surface area contributed by atoms with Crippen LogP contribution in [-0.2, 0) is 6.18 Å². The van der Waals surface area contributed by atoms with E-state index < -0.39 is 11.7 Å². The van der Waals surface area contributed by atoms with Crippen molar-refractivity contribution < 1.29 is 26.8 Å². The average molecular weight is 367 g/mol. The maximum absolute atomic E-state index is 12.8. The number of carbonyl (C=O) groups is 1. The van der Waals surface area contributed by atoms with Crippen molar-refractivity contribution in [3.63, 3.8) is 0 Å². The quantitative estimate of drug-likeness (QED) is 0.413. The predicted octanol–water partition coefficient (Wildman–Crippen LogP) is 6.11. The molecule has 0 unspecified atom stereocenters. The molecule has 0 aliphatic heterocycles. The first-order chi connectivity index (χ1) is 11.8. The van der Waals surface area contributed by atoms with Crippen LogP contribution in [0, 0.1) is 0 Å². The predicted molar refractivity (Wildman–Crippen MR) is 86.2 cm³/mol. The molecule has 3 aromatic rings. The molecule has 25 heavy (non-hydrogen) atoms. The van der Waals surface area contributed by atoms with Gasteiger partial charge in [-0.2, -0.15) is 13.2 Å². The van der Waals surface area contributed by atoms with Gasteiger partial charge in [0.1, 0.15) is 11.5 Å². The van der Waals surface area contributed by atoms with E-state index in [-0.39, 0.29) is 27.9 Å². The fourth-order valence-corrected chi connectivity index (χ4v) is 2.35. The summed E-state index contributed by atoms with van der Waals surface area (Å²) in [5.74, 6) is 0.272. The molecule has 0 fully saturated rings. The first-order valence-corrected chi connectivity index (χ1v) is 7.45. The van der Waals surface area contributed by atoms with E-state index in [9.17, 15) is 18.0 Å². The van der Waals surface area contributed by atoms with Gasteiger partial charge in [-0.05, 0) is 54.6 Å². The summed E-state index contributed by atoms with van der Waals surface area (Å²) in [4.78, 5) is 11.8. The number of carbonyl (C=O) groups excluding carboxylic acids is 1. The molecular formula is C18H10ClF3O3. The second-order valence-electron chi connectivity index (χ2n) is 5.07. The number of rotatable bonds is 4. The number of furan rings is 2. The molecule has 0 radical (unpaired) electrons. The summed E-state index contributed by atoms with van der Waals surface area (Å²) in [6, 6.07) is 9.10. The van der Waals surface area contributed by atoms with Crippen molar-refractivity contribution in [2.75, 3.05) is 0 Å². The van der Waals surface area contributed by atoms with Gasteiger partial charge in [-0.3, -0.25) is 4.79 Å². The topological polar surface area (TPSA) is 43.4 Å². The second kappa shape index (κ2) is 6.64. The van der Waals surface area contributed by atoms with Crippen LogP contribution in [-0.4, -0.2) is 5.78 Å². The summed E-state index contributed by atoms with van der Waals surface area (Å²) in [6.45, 7) is 0. The molecule has 0 saturated carbocycles. The highest BCUT2D eigenvalue weighted by Gasteiger charge is 2.31. The molecule has 0 atom stereocenters. The Balaban J connectivity index is 1.85. The zero-order valence-corrected chi connectivity index (χ0v) is 13.3. The summed E-state index contributed by atoms with van der Waals surface area (Å²) in [7, 11) is 0. The first-order valence-electron chi connectivity index (χ1n) is 7.07. The maximum Gasteiger partial charge on any atom is 0.416 e. The van der Waals surface area contributed by atoms with Gasteiger partial charge in [-0.15, -0.1) is 0 Å². The molecule has 3 nitrogen and oxygen atoms in total. The van der Waals surface area contributed by atoms with Gasteiger partial charge < -0.3 is 8.83 Å². The second-order valence-corrected chi connectivity index (χ2v) is 5.48. The lowest BCUT2D eigenvalue weighted by atomic mass is 10.1. The van der Waals surface area contributed by atoms with Crippen molar-refractivity contribution in [2.24, 2.45) is 0 Å². The number of ketones is 1. The Hall–Kier alpha value is -2.73. The molecule has 3 rings (SSSR count). The fourth-order valence-electron chi connectivity index (χ4n) is 2.14. The van der Waals surface area contributed by atoms with Gasteiger partial charge in [0.05, 0.1) is 16.8 Å². The molecule has 0 saturated heterocycles. The van der Waals surface area contributed by atoms with Gasteiger partial charge in [0.15, 0.2) is 5.76 Å². The minimum atomic E-state index is -4.48. The number of benzene rings is 1. The highest BCUT2D eigenvalue weighted by Crippen LogP contribution is 2.36. The van der Waals surface area contributed by atoms with Crippen molar-refractivity contribution >= 4 is 23.5 Å². The van der Waals surface area contributed by atoms with Gasteiger partial charge in [0.2, 0.25) is 5.78 Å². The SMILES string of the molecule is O=C(/C=C\c1ccc(-c2cc(C(F)(F)F)ccc2Cl)o1)c1ccco1. The van der Waals surface area contributed by atoms with Gasteiger partial charge >= 0.3 is 6.18 Å². The van der Waals surface area contributed by atoms with E-state index in [1.807, 2.05) is 0 Å². The molecule has 0 amide bonds. The summed E-state index contributed by atoms with van der Waals surface area (Å²) >= 11 is 5.97. The Bertz CT molecular complexity index is 921. The molecule has 0 spiro atoms. The Kier molecular flexibility index (Phi) is 4.55. The Labute approximate surface area is 145 Å². The Morgan fingerprint density at radius 1 is 1.12 bits per heavy atom. The lowest BCUT2D eigenvalue weighted by molar-refractivity contribution is -0.137. The smallest absolute Gasteiger partial charge is 0.416 e. The van der Waals surface area contributed by atoms with E-state index in [0.29, 0.717) is 5.76 Å². The molecule has 7 heteroatoms. The fraction of sp³-hybridized carbons (Fsp3) is 0.0556. The highest BCUT2D eigenvalue weighted by molar-refractivity contribution is 6.33. The van der Waals surface area contributed by atoms with Crippen LogP contribution in [0.4, 0.5) is 13.2 Å². The van der Waals surface area contributed by atoms with E-state index in [2.05, 4.69) is 0 Å². The van der Waals surface area contributed by atoms with E-state index in [1.54, 1.807) is 6.07 Å². The molecule has 0 bridgehead atoms. The number of hydrogen-bond donors (Lipinski definition) is 0. The Morgan fingerprint density at radius 3 is 2.60 bits per heavy atom. The molecule has 1 aromatic carbocycles. The number of halogens is 4. The van der Waals surface area contributed by atoms with Gasteiger partial charge in [0.25, 0.3) is 0 Å². The molecule has 0 aliphatic rings. The highest BCUT2D eigenvalue weighted by atomic mass is 35.5. The monoisotopic (exact) mass is 366 g/mol. The third-order valence-electron chi connectivity index (χ3n) is 3.35. The lowest BCUT2D eigenvalue weighted by Crippen LogP contribution is -2.04. The zero-order chi connectivity index (χ0) is 18.0. The van der Waals surface area contributed by atoms with Crippen molar-refractivity contribution in [3.8, 4) is 11.3 Å². The maximum atomic E-state index is 12.8. The standard InChI is InChI=1S/C18H10ClF3O3/c19-14-6-3-11(18(20,21)22)10-13(14)16-8-5-12(25-16)4-7-15(23)17-2-1-9-24-17/h1-10H/b7-4-. The third kappa shape index (κ3) is 3.85. The largest absolute Gasteiger partial charge is 0.461 e. The molecular weight excluding hydrogens is 357 g/mol.